The Bertz CT molecular complexity index is 706. The number of rotatable bonds is 3. The number of hydrogen-bond donors (Lipinski definition) is 0. The Kier molecular flexibility index (Phi) is 3.87. The molecule has 2 unspecified atom stereocenters. The molecule has 1 aromatic heterocycles. The number of fused-ring (bicyclic) bond motifs is 2. The largest absolute Gasteiger partial charge is 0.337 e. The van der Waals surface area contributed by atoms with Crippen LogP contribution >= 0.6 is 11.3 Å². The van der Waals surface area contributed by atoms with Crippen molar-refractivity contribution in [3.63, 3.8) is 0 Å². The lowest BCUT2D eigenvalue weighted by atomic mass is 9.99. The average molecular weight is 331 g/mol. The summed E-state index contributed by atoms with van der Waals surface area (Å²) < 4.78 is 13.3. The lowest BCUT2D eigenvalue weighted by Gasteiger charge is -2.33. The summed E-state index contributed by atoms with van der Waals surface area (Å²) >= 11 is 1.67. The van der Waals surface area contributed by atoms with Crippen LogP contribution in [0, 0.1) is 11.7 Å². The predicted octanol–water partition coefficient (Wildman–Crippen LogP) is 2.63. The minimum absolute atomic E-state index is 0.0599. The van der Waals surface area contributed by atoms with E-state index in [0.29, 0.717) is 17.5 Å². The first kappa shape index (κ1) is 14.8. The minimum Gasteiger partial charge on any atom is -0.337 e. The van der Waals surface area contributed by atoms with Gasteiger partial charge in [-0.3, -0.25) is 9.69 Å². The molecule has 0 spiro atoms. The van der Waals surface area contributed by atoms with Gasteiger partial charge in [0.15, 0.2) is 0 Å². The van der Waals surface area contributed by atoms with Crippen LogP contribution in [0.15, 0.2) is 35.8 Å². The van der Waals surface area contributed by atoms with Crippen molar-refractivity contribution in [2.75, 3.05) is 19.6 Å². The van der Waals surface area contributed by atoms with Gasteiger partial charge in [-0.05, 0) is 30.5 Å². The van der Waals surface area contributed by atoms with Crippen LogP contribution < -0.4 is 0 Å². The molecule has 2 aliphatic heterocycles. The molecule has 1 amide bonds. The molecule has 4 nitrogen and oxygen atoms in total. The van der Waals surface area contributed by atoms with E-state index in [4.69, 9.17) is 0 Å². The SMILES string of the molecule is O=C(c1cccc(F)c1)N1CC2CC(C1)N(Cc1nccs1)C2. The summed E-state index contributed by atoms with van der Waals surface area (Å²) in [6.07, 6.45) is 2.97. The second-order valence-corrected chi connectivity index (χ2v) is 7.31. The standard InChI is InChI=1S/C17H18FN3OS/c18-14-3-1-2-13(7-14)17(22)21-9-12-6-15(10-21)20(8-12)11-16-19-4-5-23-16/h1-5,7,12,15H,6,8-11H2. The molecule has 23 heavy (non-hydrogen) atoms. The summed E-state index contributed by atoms with van der Waals surface area (Å²) in [6.45, 7) is 3.36. The first-order chi connectivity index (χ1) is 11.2. The number of nitrogens with zero attached hydrogens (tertiary/aromatic N) is 3. The van der Waals surface area contributed by atoms with Gasteiger partial charge in [-0.25, -0.2) is 9.37 Å². The van der Waals surface area contributed by atoms with Crippen LogP contribution in [0.25, 0.3) is 0 Å². The van der Waals surface area contributed by atoms with Crippen LogP contribution in [-0.4, -0.2) is 46.4 Å². The van der Waals surface area contributed by atoms with E-state index in [1.807, 2.05) is 16.5 Å². The van der Waals surface area contributed by atoms with Gasteiger partial charge in [0.2, 0.25) is 0 Å². The molecule has 0 radical (unpaired) electrons. The average Bonchev–Trinajstić information content (AvgIpc) is 3.15. The molecule has 2 bridgehead atoms. The fourth-order valence-corrected chi connectivity index (χ4v) is 4.36. The van der Waals surface area contributed by atoms with E-state index >= 15 is 0 Å². The van der Waals surface area contributed by atoms with Crippen molar-refractivity contribution in [2.24, 2.45) is 5.92 Å². The van der Waals surface area contributed by atoms with Gasteiger partial charge in [0.1, 0.15) is 10.8 Å². The van der Waals surface area contributed by atoms with Crippen LogP contribution in [0.1, 0.15) is 21.8 Å². The van der Waals surface area contributed by atoms with Gasteiger partial charge < -0.3 is 4.90 Å². The first-order valence-electron chi connectivity index (χ1n) is 7.86. The third-order valence-corrected chi connectivity index (χ3v) is 5.47. The number of likely N-dealkylation sites (tertiary alicyclic amines) is 2. The molecule has 0 saturated carbocycles. The highest BCUT2D eigenvalue weighted by Crippen LogP contribution is 2.31. The highest BCUT2D eigenvalue weighted by atomic mass is 32.1. The van der Waals surface area contributed by atoms with E-state index in [1.54, 1.807) is 23.5 Å². The maximum atomic E-state index is 13.3. The van der Waals surface area contributed by atoms with Crippen molar-refractivity contribution in [3.05, 3.63) is 52.2 Å². The number of amides is 1. The fourth-order valence-electron chi connectivity index (χ4n) is 3.72. The predicted molar refractivity (Wildman–Crippen MR) is 86.7 cm³/mol. The van der Waals surface area contributed by atoms with Crippen molar-refractivity contribution >= 4 is 17.2 Å². The number of piperidine rings is 1. The van der Waals surface area contributed by atoms with Gasteiger partial charge in [0.25, 0.3) is 5.91 Å². The molecular formula is C17H18FN3OS. The Morgan fingerprint density at radius 1 is 1.35 bits per heavy atom. The highest BCUT2D eigenvalue weighted by Gasteiger charge is 2.40. The molecule has 0 N–H and O–H groups in total. The molecular weight excluding hydrogens is 313 g/mol. The molecule has 2 fully saturated rings. The Labute approximate surface area is 138 Å². The van der Waals surface area contributed by atoms with Gasteiger partial charge in [0.05, 0.1) is 6.54 Å². The number of halogens is 1. The molecule has 2 saturated heterocycles. The van der Waals surface area contributed by atoms with Gasteiger partial charge in [-0.2, -0.15) is 0 Å². The summed E-state index contributed by atoms with van der Waals surface area (Å²) in [7, 11) is 0. The lowest BCUT2D eigenvalue weighted by Crippen LogP contribution is -2.45. The second kappa shape index (κ2) is 6.02. The van der Waals surface area contributed by atoms with Crippen LogP contribution in [0.3, 0.4) is 0 Å². The summed E-state index contributed by atoms with van der Waals surface area (Å²) in [6, 6.07) is 6.36. The third-order valence-electron chi connectivity index (χ3n) is 4.70. The zero-order chi connectivity index (χ0) is 15.8. The van der Waals surface area contributed by atoms with E-state index in [1.165, 1.54) is 12.1 Å². The minimum atomic E-state index is -0.360. The number of carbonyl (C=O) groups is 1. The molecule has 1 aromatic carbocycles. The molecule has 2 aromatic rings. The van der Waals surface area contributed by atoms with Crippen molar-refractivity contribution in [3.8, 4) is 0 Å². The van der Waals surface area contributed by atoms with Crippen LogP contribution in [0.5, 0.6) is 0 Å². The van der Waals surface area contributed by atoms with E-state index in [2.05, 4.69) is 9.88 Å². The van der Waals surface area contributed by atoms with E-state index in [9.17, 15) is 9.18 Å². The van der Waals surface area contributed by atoms with E-state index in [-0.39, 0.29) is 11.7 Å². The maximum absolute atomic E-state index is 13.3. The summed E-state index contributed by atoms with van der Waals surface area (Å²) in [5.41, 5.74) is 0.442. The second-order valence-electron chi connectivity index (χ2n) is 6.33. The van der Waals surface area contributed by atoms with E-state index in [0.717, 1.165) is 37.6 Å². The molecule has 3 heterocycles. The van der Waals surface area contributed by atoms with Crippen molar-refractivity contribution < 1.29 is 9.18 Å². The van der Waals surface area contributed by atoms with E-state index < -0.39 is 0 Å². The number of carbonyl (C=O) groups excluding carboxylic acids is 1. The van der Waals surface area contributed by atoms with Crippen molar-refractivity contribution in [1.82, 2.24) is 14.8 Å². The van der Waals surface area contributed by atoms with Crippen molar-refractivity contribution in [2.45, 2.75) is 19.0 Å². The first-order valence-corrected chi connectivity index (χ1v) is 8.74. The van der Waals surface area contributed by atoms with Gasteiger partial charge in [0, 0.05) is 42.8 Å². The molecule has 120 valence electrons. The third kappa shape index (κ3) is 3.01. The number of aromatic nitrogens is 1. The normalized spacial score (nSPS) is 24.1. The zero-order valence-electron chi connectivity index (χ0n) is 12.7. The smallest absolute Gasteiger partial charge is 0.254 e. The van der Waals surface area contributed by atoms with Crippen LogP contribution in [0.2, 0.25) is 0 Å². The Morgan fingerprint density at radius 3 is 3.04 bits per heavy atom. The van der Waals surface area contributed by atoms with Gasteiger partial charge >= 0.3 is 0 Å². The highest BCUT2D eigenvalue weighted by molar-refractivity contribution is 7.09. The Hall–Kier alpha value is -1.79. The van der Waals surface area contributed by atoms with Crippen molar-refractivity contribution in [1.29, 1.82) is 0 Å². The molecule has 2 atom stereocenters. The number of hydrogen-bond acceptors (Lipinski definition) is 4. The zero-order valence-corrected chi connectivity index (χ0v) is 13.5. The lowest BCUT2D eigenvalue weighted by molar-refractivity contribution is 0.0667. The van der Waals surface area contributed by atoms with Gasteiger partial charge in [-0.1, -0.05) is 6.07 Å². The van der Waals surface area contributed by atoms with Crippen LogP contribution in [-0.2, 0) is 6.54 Å². The summed E-state index contributed by atoms with van der Waals surface area (Å²) in [5, 5.41) is 3.12. The van der Waals surface area contributed by atoms with Gasteiger partial charge in [-0.15, -0.1) is 11.3 Å². The monoisotopic (exact) mass is 331 g/mol. The Morgan fingerprint density at radius 2 is 2.26 bits per heavy atom. The molecule has 2 aliphatic rings. The summed E-state index contributed by atoms with van der Waals surface area (Å²) in [4.78, 5) is 21.3. The quantitative estimate of drug-likeness (QED) is 0.867. The molecule has 6 heteroatoms. The number of thiazole rings is 1. The topological polar surface area (TPSA) is 36.4 Å². The maximum Gasteiger partial charge on any atom is 0.254 e. The Balaban J connectivity index is 1.46. The van der Waals surface area contributed by atoms with Crippen LogP contribution in [0.4, 0.5) is 4.39 Å². The fraction of sp³-hybridized carbons (Fsp3) is 0.412. The summed E-state index contributed by atoms with van der Waals surface area (Å²) in [5.74, 6) is 0.0859. The molecule has 0 aliphatic carbocycles. The molecule has 4 rings (SSSR count). The number of benzene rings is 1.